The van der Waals surface area contributed by atoms with Gasteiger partial charge < -0.3 is 14.4 Å². The van der Waals surface area contributed by atoms with Crippen LogP contribution in [0.4, 0.5) is 5.69 Å². The zero-order valence-corrected chi connectivity index (χ0v) is 14.4. The Bertz CT molecular complexity index is 798. The number of hydrogen-bond donors (Lipinski definition) is 1. The SMILES string of the molecule is CCN1C(=O)[C@@](O)(CC(=O)c2ccc(C)o2)c2cc(Br)ccc21. The van der Waals surface area contributed by atoms with E-state index in [1.54, 1.807) is 37.3 Å². The van der Waals surface area contributed by atoms with Crippen LogP contribution in [-0.2, 0) is 10.4 Å². The van der Waals surface area contributed by atoms with Crippen LogP contribution < -0.4 is 4.90 Å². The molecule has 0 spiro atoms. The molecule has 0 saturated carbocycles. The van der Waals surface area contributed by atoms with Crippen molar-refractivity contribution < 1.29 is 19.1 Å². The molecule has 23 heavy (non-hydrogen) atoms. The van der Waals surface area contributed by atoms with Gasteiger partial charge in [0.05, 0.1) is 12.1 Å². The summed E-state index contributed by atoms with van der Waals surface area (Å²) < 4.78 is 6.04. The molecule has 6 heteroatoms. The lowest BCUT2D eigenvalue weighted by Crippen LogP contribution is -2.41. The summed E-state index contributed by atoms with van der Waals surface area (Å²) >= 11 is 3.35. The molecule has 0 unspecified atom stereocenters. The van der Waals surface area contributed by atoms with E-state index in [-0.39, 0.29) is 12.2 Å². The van der Waals surface area contributed by atoms with E-state index in [0.717, 1.165) is 4.47 Å². The Hall–Kier alpha value is -1.92. The fourth-order valence-electron chi connectivity index (χ4n) is 2.91. The van der Waals surface area contributed by atoms with Gasteiger partial charge in [-0.1, -0.05) is 15.9 Å². The van der Waals surface area contributed by atoms with Crippen molar-refractivity contribution in [2.75, 3.05) is 11.4 Å². The number of amides is 1. The molecule has 1 aromatic carbocycles. The Morgan fingerprint density at radius 3 is 2.70 bits per heavy atom. The number of aliphatic hydroxyl groups is 1. The lowest BCUT2D eigenvalue weighted by atomic mass is 9.89. The van der Waals surface area contributed by atoms with Crippen molar-refractivity contribution in [2.45, 2.75) is 25.9 Å². The van der Waals surface area contributed by atoms with E-state index < -0.39 is 17.3 Å². The van der Waals surface area contributed by atoms with Crippen molar-refractivity contribution in [3.8, 4) is 0 Å². The van der Waals surface area contributed by atoms with E-state index in [2.05, 4.69) is 15.9 Å². The maximum atomic E-state index is 12.7. The summed E-state index contributed by atoms with van der Waals surface area (Å²) in [6.07, 6.45) is -0.348. The zero-order valence-electron chi connectivity index (χ0n) is 12.8. The molecule has 1 amide bonds. The monoisotopic (exact) mass is 377 g/mol. The summed E-state index contributed by atoms with van der Waals surface area (Å²) in [7, 11) is 0. The Labute approximate surface area is 142 Å². The Morgan fingerprint density at radius 1 is 1.35 bits per heavy atom. The van der Waals surface area contributed by atoms with E-state index in [1.807, 2.05) is 6.92 Å². The third-order valence-corrected chi connectivity index (χ3v) is 4.53. The fraction of sp³-hybridized carbons (Fsp3) is 0.294. The predicted molar refractivity (Wildman–Crippen MR) is 88.5 cm³/mol. The summed E-state index contributed by atoms with van der Waals surface area (Å²) in [6, 6.07) is 8.48. The summed E-state index contributed by atoms with van der Waals surface area (Å²) in [5.41, 5.74) is -0.797. The highest BCUT2D eigenvalue weighted by atomic mass is 79.9. The fourth-order valence-corrected chi connectivity index (χ4v) is 3.27. The number of aryl methyl sites for hydroxylation is 1. The molecule has 0 bridgehead atoms. The lowest BCUT2D eigenvalue weighted by molar-refractivity contribution is -0.135. The molecule has 1 N–H and O–H groups in total. The van der Waals surface area contributed by atoms with E-state index in [1.165, 1.54) is 4.90 Å². The number of fused-ring (bicyclic) bond motifs is 1. The molecule has 0 saturated heterocycles. The van der Waals surface area contributed by atoms with Gasteiger partial charge in [0.15, 0.2) is 11.4 Å². The topological polar surface area (TPSA) is 70.8 Å². The van der Waals surface area contributed by atoms with Gasteiger partial charge >= 0.3 is 0 Å². The predicted octanol–water partition coefficient (Wildman–Crippen LogP) is 3.18. The van der Waals surface area contributed by atoms with E-state index in [9.17, 15) is 14.7 Å². The Balaban J connectivity index is 2.02. The first kappa shape index (κ1) is 16.0. The lowest BCUT2D eigenvalue weighted by Gasteiger charge is -2.21. The maximum Gasteiger partial charge on any atom is 0.264 e. The van der Waals surface area contributed by atoms with Gasteiger partial charge in [0.1, 0.15) is 5.76 Å². The van der Waals surface area contributed by atoms with Crippen LogP contribution in [-0.4, -0.2) is 23.3 Å². The summed E-state index contributed by atoms with van der Waals surface area (Å²) in [6.45, 7) is 3.98. The number of nitrogens with zero attached hydrogens (tertiary/aromatic N) is 1. The molecule has 0 aliphatic carbocycles. The van der Waals surface area contributed by atoms with Gasteiger partial charge in [-0.2, -0.15) is 0 Å². The number of benzene rings is 1. The van der Waals surface area contributed by atoms with Crippen LogP contribution in [0.25, 0.3) is 0 Å². The number of ketones is 1. The van der Waals surface area contributed by atoms with Crippen molar-refractivity contribution in [1.29, 1.82) is 0 Å². The number of likely N-dealkylation sites (N-methyl/N-ethyl adjacent to an activating group) is 1. The highest BCUT2D eigenvalue weighted by Crippen LogP contribution is 2.44. The van der Waals surface area contributed by atoms with Crippen LogP contribution in [0, 0.1) is 6.92 Å². The normalized spacial score (nSPS) is 20.0. The first-order valence-corrected chi connectivity index (χ1v) is 8.10. The first-order valence-electron chi connectivity index (χ1n) is 7.31. The molecule has 2 aromatic rings. The molecule has 120 valence electrons. The van der Waals surface area contributed by atoms with E-state index in [4.69, 9.17) is 4.42 Å². The van der Waals surface area contributed by atoms with Crippen molar-refractivity contribution in [1.82, 2.24) is 0 Å². The average molecular weight is 378 g/mol. The van der Waals surface area contributed by atoms with Gasteiger partial charge in [-0.25, -0.2) is 0 Å². The average Bonchev–Trinajstić information content (AvgIpc) is 3.02. The van der Waals surface area contributed by atoms with E-state index in [0.29, 0.717) is 23.6 Å². The van der Waals surface area contributed by atoms with Gasteiger partial charge in [-0.3, -0.25) is 9.59 Å². The van der Waals surface area contributed by atoms with Crippen LogP contribution in [0.3, 0.4) is 0 Å². The molecular formula is C17H16BrNO4. The highest BCUT2D eigenvalue weighted by molar-refractivity contribution is 9.10. The van der Waals surface area contributed by atoms with Crippen molar-refractivity contribution >= 4 is 33.3 Å². The number of anilines is 1. The van der Waals surface area contributed by atoms with Crippen molar-refractivity contribution in [3.05, 3.63) is 51.9 Å². The van der Waals surface area contributed by atoms with Gasteiger partial charge in [0.2, 0.25) is 5.78 Å². The van der Waals surface area contributed by atoms with Gasteiger partial charge in [-0.15, -0.1) is 0 Å². The molecule has 3 rings (SSSR count). The number of hydrogen-bond acceptors (Lipinski definition) is 4. The number of rotatable bonds is 4. The van der Waals surface area contributed by atoms with Crippen molar-refractivity contribution in [3.63, 3.8) is 0 Å². The van der Waals surface area contributed by atoms with Crippen LogP contribution in [0.5, 0.6) is 0 Å². The van der Waals surface area contributed by atoms with E-state index >= 15 is 0 Å². The van der Waals surface area contributed by atoms with Crippen molar-refractivity contribution in [2.24, 2.45) is 0 Å². The van der Waals surface area contributed by atoms with Gasteiger partial charge in [0, 0.05) is 16.6 Å². The number of Topliss-reactive ketones (excluding diaryl/α,β-unsaturated/α-hetero) is 1. The van der Waals surface area contributed by atoms with Crippen LogP contribution in [0.1, 0.15) is 35.2 Å². The third-order valence-electron chi connectivity index (χ3n) is 4.04. The first-order chi connectivity index (χ1) is 10.9. The van der Waals surface area contributed by atoms with Crippen LogP contribution in [0.2, 0.25) is 0 Å². The van der Waals surface area contributed by atoms with Gasteiger partial charge in [-0.05, 0) is 44.2 Å². The Morgan fingerprint density at radius 2 is 2.09 bits per heavy atom. The molecule has 0 radical (unpaired) electrons. The maximum absolute atomic E-state index is 12.7. The summed E-state index contributed by atoms with van der Waals surface area (Å²) in [5, 5.41) is 11.0. The second-order valence-corrected chi connectivity index (χ2v) is 6.50. The molecule has 1 atom stereocenters. The van der Waals surface area contributed by atoms with Crippen LogP contribution in [0.15, 0.2) is 39.2 Å². The molecule has 1 aliphatic heterocycles. The Kier molecular flexibility index (Phi) is 3.90. The minimum absolute atomic E-state index is 0.148. The number of carbonyl (C=O) groups excluding carboxylic acids is 2. The molecule has 0 fully saturated rings. The second kappa shape index (κ2) is 5.62. The number of halogens is 1. The number of furan rings is 1. The number of carbonyl (C=O) groups is 2. The standard InChI is InChI=1S/C17H16BrNO4/c1-3-19-13-6-5-11(18)8-12(13)17(22,16(19)21)9-14(20)15-7-4-10(2)23-15/h4-8,22H,3,9H2,1-2H3/t17-/m1/s1. The zero-order chi connectivity index (χ0) is 16.8. The highest BCUT2D eigenvalue weighted by Gasteiger charge is 2.50. The largest absolute Gasteiger partial charge is 0.458 e. The molecule has 5 nitrogen and oxygen atoms in total. The minimum Gasteiger partial charge on any atom is -0.458 e. The molecular weight excluding hydrogens is 362 g/mol. The quantitative estimate of drug-likeness (QED) is 0.830. The summed E-state index contributed by atoms with van der Waals surface area (Å²) in [4.78, 5) is 26.6. The second-order valence-electron chi connectivity index (χ2n) is 5.58. The van der Waals surface area contributed by atoms with Gasteiger partial charge in [0.25, 0.3) is 5.91 Å². The minimum atomic E-state index is -1.87. The smallest absolute Gasteiger partial charge is 0.264 e. The molecule has 1 aromatic heterocycles. The third kappa shape index (κ3) is 2.52. The van der Waals surface area contributed by atoms with Crippen LogP contribution >= 0.6 is 15.9 Å². The molecule has 2 heterocycles. The molecule has 1 aliphatic rings. The summed E-state index contributed by atoms with van der Waals surface area (Å²) in [5.74, 6) is -0.130.